The lowest BCUT2D eigenvalue weighted by atomic mass is 10.1. The van der Waals surface area contributed by atoms with Crippen molar-refractivity contribution in [3.8, 4) is 0 Å². The summed E-state index contributed by atoms with van der Waals surface area (Å²) in [7, 11) is 0. The lowest BCUT2D eigenvalue weighted by Crippen LogP contribution is -2.36. The van der Waals surface area contributed by atoms with Crippen LogP contribution in [0.2, 0.25) is 0 Å². The molecule has 1 heterocycles. The van der Waals surface area contributed by atoms with Crippen LogP contribution in [0.1, 0.15) is 18.1 Å². The number of imide groups is 1. The Labute approximate surface area is 160 Å². The lowest BCUT2D eigenvalue weighted by molar-refractivity contribution is -0.127. The van der Waals surface area contributed by atoms with Crippen LogP contribution < -0.4 is 5.32 Å². The van der Waals surface area contributed by atoms with Crippen LogP contribution >= 0.6 is 11.8 Å². The van der Waals surface area contributed by atoms with E-state index in [0.717, 1.165) is 28.6 Å². The van der Waals surface area contributed by atoms with Crippen LogP contribution in [0.15, 0.2) is 53.4 Å². The number of aryl methyl sites for hydroxylation is 1. The van der Waals surface area contributed by atoms with E-state index in [1.54, 1.807) is 6.08 Å². The van der Waals surface area contributed by atoms with E-state index in [4.69, 9.17) is 0 Å². The average molecular weight is 384 g/mol. The molecule has 3 rings (SSSR count). The maximum absolute atomic E-state index is 12.9. The Morgan fingerprint density at radius 3 is 2.41 bits per heavy atom. The average Bonchev–Trinajstić information content (AvgIpc) is 2.91. The minimum absolute atomic E-state index is 0.277. The van der Waals surface area contributed by atoms with Gasteiger partial charge in [-0.15, -0.1) is 0 Å². The van der Waals surface area contributed by atoms with Crippen molar-refractivity contribution in [3.63, 3.8) is 0 Å². The van der Waals surface area contributed by atoms with Crippen molar-refractivity contribution in [2.75, 3.05) is 11.9 Å². The largest absolute Gasteiger partial charge is 0.325 e. The summed E-state index contributed by atoms with van der Waals surface area (Å²) >= 11 is 0.806. The van der Waals surface area contributed by atoms with Crippen molar-refractivity contribution >= 4 is 40.6 Å². The Hall–Kier alpha value is -2.93. The maximum Gasteiger partial charge on any atom is 0.294 e. The van der Waals surface area contributed by atoms with Gasteiger partial charge < -0.3 is 5.32 Å². The molecule has 3 amide bonds. The standard InChI is InChI=1S/C20H17FN2O3S/c1-2-13-3-5-14(6-4-13)11-17-19(25)23(20(26)27-17)12-18(24)22-16-9-7-15(21)8-10-16/h3-11H,2,12H2,1H3,(H,22,24)/b17-11-. The Balaban J connectivity index is 1.67. The SMILES string of the molecule is CCc1ccc(/C=C2\SC(=O)N(CC(=O)Nc3ccc(F)cc3)C2=O)cc1. The maximum atomic E-state index is 12.9. The third-order valence-electron chi connectivity index (χ3n) is 3.99. The molecule has 0 aliphatic carbocycles. The van der Waals surface area contributed by atoms with Gasteiger partial charge in [0.1, 0.15) is 12.4 Å². The summed E-state index contributed by atoms with van der Waals surface area (Å²) in [6.45, 7) is 1.66. The second-order valence-electron chi connectivity index (χ2n) is 5.92. The van der Waals surface area contributed by atoms with Gasteiger partial charge in [-0.05, 0) is 59.7 Å². The number of rotatable bonds is 5. The molecule has 27 heavy (non-hydrogen) atoms. The molecule has 0 aromatic heterocycles. The number of thioether (sulfide) groups is 1. The third-order valence-corrected chi connectivity index (χ3v) is 4.90. The number of nitrogens with zero attached hydrogens (tertiary/aromatic N) is 1. The first-order chi connectivity index (χ1) is 13.0. The molecule has 1 saturated heterocycles. The van der Waals surface area contributed by atoms with E-state index in [2.05, 4.69) is 12.2 Å². The zero-order valence-corrected chi connectivity index (χ0v) is 15.4. The van der Waals surface area contributed by atoms with Gasteiger partial charge >= 0.3 is 0 Å². The number of nitrogens with one attached hydrogen (secondary N) is 1. The van der Waals surface area contributed by atoms with Crippen molar-refractivity contribution in [2.45, 2.75) is 13.3 Å². The third kappa shape index (κ3) is 4.62. The summed E-state index contributed by atoms with van der Waals surface area (Å²) in [6, 6.07) is 12.9. The Morgan fingerprint density at radius 2 is 1.78 bits per heavy atom. The molecule has 1 aliphatic heterocycles. The highest BCUT2D eigenvalue weighted by molar-refractivity contribution is 8.18. The molecule has 0 bridgehead atoms. The van der Waals surface area contributed by atoms with Crippen LogP contribution in [0.4, 0.5) is 14.9 Å². The fraction of sp³-hybridized carbons (Fsp3) is 0.150. The van der Waals surface area contributed by atoms with Gasteiger partial charge in [-0.25, -0.2) is 4.39 Å². The molecule has 0 saturated carbocycles. The first kappa shape index (κ1) is 18.8. The quantitative estimate of drug-likeness (QED) is 0.790. The molecule has 2 aromatic carbocycles. The number of hydrogen-bond acceptors (Lipinski definition) is 4. The summed E-state index contributed by atoms with van der Waals surface area (Å²) in [4.78, 5) is 37.9. The van der Waals surface area contributed by atoms with Gasteiger partial charge in [-0.3, -0.25) is 19.3 Å². The molecule has 0 radical (unpaired) electrons. The van der Waals surface area contributed by atoms with E-state index in [0.29, 0.717) is 5.69 Å². The van der Waals surface area contributed by atoms with Crippen LogP contribution in [0.5, 0.6) is 0 Å². The van der Waals surface area contributed by atoms with E-state index in [1.165, 1.54) is 29.8 Å². The van der Waals surface area contributed by atoms with E-state index in [9.17, 15) is 18.8 Å². The topological polar surface area (TPSA) is 66.5 Å². The first-order valence-electron chi connectivity index (χ1n) is 8.36. The zero-order chi connectivity index (χ0) is 19.4. The molecule has 5 nitrogen and oxygen atoms in total. The molecule has 0 unspecified atom stereocenters. The molecule has 2 aromatic rings. The zero-order valence-electron chi connectivity index (χ0n) is 14.6. The van der Waals surface area contributed by atoms with Crippen LogP contribution in [0.3, 0.4) is 0 Å². The van der Waals surface area contributed by atoms with Crippen LogP contribution in [0, 0.1) is 5.82 Å². The second kappa shape index (κ2) is 8.18. The van der Waals surface area contributed by atoms with Crippen LogP contribution in [0.25, 0.3) is 6.08 Å². The molecule has 0 spiro atoms. The number of anilines is 1. The Bertz CT molecular complexity index is 908. The molecular formula is C20H17FN2O3S. The predicted octanol–water partition coefficient (Wildman–Crippen LogP) is 4.06. The van der Waals surface area contributed by atoms with Gasteiger partial charge in [-0.1, -0.05) is 31.2 Å². The number of halogens is 1. The summed E-state index contributed by atoms with van der Waals surface area (Å²) in [5, 5.41) is 2.04. The van der Waals surface area contributed by atoms with E-state index in [-0.39, 0.29) is 4.91 Å². The smallest absolute Gasteiger partial charge is 0.294 e. The molecule has 1 fully saturated rings. The van der Waals surface area contributed by atoms with Gasteiger partial charge in [0.05, 0.1) is 4.91 Å². The number of carbonyl (C=O) groups is 3. The monoisotopic (exact) mass is 384 g/mol. The first-order valence-corrected chi connectivity index (χ1v) is 9.17. The van der Waals surface area contributed by atoms with Gasteiger partial charge in [0.25, 0.3) is 11.1 Å². The molecule has 7 heteroatoms. The Morgan fingerprint density at radius 1 is 1.11 bits per heavy atom. The van der Waals surface area contributed by atoms with Crippen molar-refractivity contribution < 1.29 is 18.8 Å². The Kier molecular flexibility index (Phi) is 5.71. The summed E-state index contributed by atoms with van der Waals surface area (Å²) < 4.78 is 12.9. The van der Waals surface area contributed by atoms with Crippen LogP contribution in [-0.2, 0) is 16.0 Å². The van der Waals surface area contributed by atoms with Gasteiger partial charge in [0.2, 0.25) is 5.91 Å². The summed E-state index contributed by atoms with van der Waals surface area (Å²) in [5.74, 6) is -1.45. The molecule has 1 aliphatic rings. The molecule has 0 atom stereocenters. The van der Waals surface area contributed by atoms with Crippen molar-refractivity contribution in [3.05, 3.63) is 70.4 Å². The van der Waals surface area contributed by atoms with Crippen molar-refractivity contribution in [1.29, 1.82) is 0 Å². The van der Waals surface area contributed by atoms with Crippen LogP contribution in [-0.4, -0.2) is 28.5 Å². The number of hydrogen-bond donors (Lipinski definition) is 1. The number of benzene rings is 2. The van der Waals surface area contributed by atoms with Gasteiger partial charge in [0.15, 0.2) is 0 Å². The highest BCUT2D eigenvalue weighted by Gasteiger charge is 2.36. The highest BCUT2D eigenvalue weighted by Crippen LogP contribution is 2.32. The van der Waals surface area contributed by atoms with Gasteiger partial charge in [0, 0.05) is 5.69 Å². The minimum Gasteiger partial charge on any atom is -0.325 e. The summed E-state index contributed by atoms with van der Waals surface area (Å²) in [6.07, 6.45) is 2.56. The highest BCUT2D eigenvalue weighted by atomic mass is 32.2. The number of carbonyl (C=O) groups excluding carboxylic acids is 3. The molecule has 138 valence electrons. The normalized spacial score (nSPS) is 15.5. The van der Waals surface area contributed by atoms with Gasteiger partial charge in [-0.2, -0.15) is 0 Å². The molecular weight excluding hydrogens is 367 g/mol. The van der Waals surface area contributed by atoms with Crippen molar-refractivity contribution in [1.82, 2.24) is 4.90 Å². The second-order valence-corrected chi connectivity index (χ2v) is 6.91. The number of amides is 3. The molecule has 1 N–H and O–H groups in total. The summed E-state index contributed by atoms with van der Waals surface area (Å²) in [5.41, 5.74) is 2.38. The van der Waals surface area contributed by atoms with E-state index < -0.39 is 29.4 Å². The lowest BCUT2D eigenvalue weighted by Gasteiger charge is -2.12. The predicted molar refractivity (Wildman–Crippen MR) is 104 cm³/mol. The fourth-order valence-electron chi connectivity index (χ4n) is 2.51. The van der Waals surface area contributed by atoms with E-state index in [1.807, 2.05) is 24.3 Å². The minimum atomic E-state index is -0.530. The van der Waals surface area contributed by atoms with E-state index >= 15 is 0 Å². The van der Waals surface area contributed by atoms with Crippen molar-refractivity contribution in [2.24, 2.45) is 0 Å². The fourth-order valence-corrected chi connectivity index (χ4v) is 3.35.